The van der Waals surface area contributed by atoms with E-state index in [1.807, 2.05) is 54.6 Å². The van der Waals surface area contributed by atoms with E-state index in [1.54, 1.807) is 26.3 Å². The molecule has 0 aromatic heterocycles. The number of hydrogen-bond donors (Lipinski definition) is 0. The van der Waals surface area contributed by atoms with Crippen LogP contribution in [-0.4, -0.2) is 26.9 Å². The van der Waals surface area contributed by atoms with Gasteiger partial charge in [0, 0.05) is 19.2 Å². The van der Waals surface area contributed by atoms with Crippen LogP contribution in [0.15, 0.2) is 71.6 Å². The van der Waals surface area contributed by atoms with Crippen molar-refractivity contribution in [3.63, 3.8) is 0 Å². The Kier molecular flexibility index (Phi) is 4.55. The SMILES string of the molecule is COc1ccccc1CN(C)S(=O)(=O)c1ccc2ccccc2c1. The molecule has 4 nitrogen and oxygen atoms in total. The maximum absolute atomic E-state index is 12.9. The van der Waals surface area contributed by atoms with Crippen LogP contribution < -0.4 is 4.74 Å². The van der Waals surface area contributed by atoms with Crippen molar-refractivity contribution in [1.82, 2.24) is 4.31 Å². The molecule has 124 valence electrons. The first-order chi connectivity index (χ1) is 11.5. The molecule has 0 saturated carbocycles. The second kappa shape index (κ2) is 6.63. The summed E-state index contributed by atoms with van der Waals surface area (Å²) in [7, 11) is -0.415. The molecule has 0 aliphatic rings. The van der Waals surface area contributed by atoms with E-state index in [0.717, 1.165) is 16.3 Å². The summed E-state index contributed by atoms with van der Waals surface area (Å²) in [4.78, 5) is 0.290. The first kappa shape index (κ1) is 16.5. The standard InChI is InChI=1S/C19H19NO3S/c1-20(14-17-9-5-6-10-19(17)23-2)24(21,22)18-12-11-15-7-3-4-8-16(15)13-18/h3-13H,14H2,1-2H3. The topological polar surface area (TPSA) is 46.6 Å². The minimum Gasteiger partial charge on any atom is -0.496 e. The smallest absolute Gasteiger partial charge is 0.243 e. The Morgan fingerprint density at radius 2 is 1.58 bits per heavy atom. The van der Waals surface area contributed by atoms with Gasteiger partial charge in [-0.25, -0.2) is 8.42 Å². The predicted molar refractivity (Wildman–Crippen MR) is 95.6 cm³/mol. The molecule has 0 aliphatic carbocycles. The van der Waals surface area contributed by atoms with Crippen LogP contribution in [0.5, 0.6) is 5.75 Å². The number of sulfonamides is 1. The van der Waals surface area contributed by atoms with Crippen LogP contribution in [0.4, 0.5) is 0 Å². The van der Waals surface area contributed by atoms with Gasteiger partial charge in [0.1, 0.15) is 5.75 Å². The molecule has 24 heavy (non-hydrogen) atoms. The Bertz CT molecular complexity index is 967. The molecule has 0 fully saturated rings. The summed E-state index contributed by atoms with van der Waals surface area (Å²) in [6.07, 6.45) is 0. The first-order valence-corrected chi connectivity index (χ1v) is 9.03. The molecule has 0 saturated heterocycles. The van der Waals surface area contributed by atoms with Gasteiger partial charge in [-0.15, -0.1) is 0 Å². The number of nitrogens with zero attached hydrogens (tertiary/aromatic N) is 1. The minimum absolute atomic E-state index is 0.249. The Morgan fingerprint density at radius 3 is 2.33 bits per heavy atom. The highest BCUT2D eigenvalue weighted by Crippen LogP contribution is 2.24. The number of benzene rings is 3. The van der Waals surface area contributed by atoms with Crippen LogP contribution in [0.2, 0.25) is 0 Å². The third-order valence-corrected chi connectivity index (χ3v) is 5.81. The molecular weight excluding hydrogens is 322 g/mol. The van der Waals surface area contributed by atoms with E-state index in [2.05, 4.69) is 0 Å². The van der Waals surface area contributed by atoms with Gasteiger partial charge in [0.15, 0.2) is 0 Å². The maximum atomic E-state index is 12.9. The molecular formula is C19H19NO3S. The largest absolute Gasteiger partial charge is 0.496 e. The number of fused-ring (bicyclic) bond motifs is 1. The van der Waals surface area contributed by atoms with Crippen molar-refractivity contribution in [3.05, 3.63) is 72.3 Å². The van der Waals surface area contributed by atoms with Crippen LogP contribution in [0, 0.1) is 0 Å². The van der Waals surface area contributed by atoms with E-state index in [0.29, 0.717) is 10.6 Å². The van der Waals surface area contributed by atoms with Crippen LogP contribution in [0.25, 0.3) is 10.8 Å². The van der Waals surface area contributed by atoms with Crippen molar-refractivity contribution >= 4 is 20.8 Å². The van der Waals surface area contributed by atoms with Crippen molar-refractivity contribution in [2.75, 3.05) is 14.2 Å². The quantitative estimate of drug-likeness (QED) is 0.711. The molecule has 0 unspecified atom stereocenters. The van der Waals surface area contributed by atoms with Gasteiger partial charge in [-0.3, -0.25) is 0 Å². The van der Waals surface area contributed by atoms with Crippen molar-refractivity contribution in [2.45, 2.75) is 11.4 Å². The van der Waals surface area contributed by atoms with Gasteiger partial charge < -0.3 is 4.74 Å². The Balaban J connectivity index is 1.93. The number of hydrogen-bond acceptors (Lipinski definition) is 3. The Hall–Kier alpha value is -2.37. The first-order valence-electron chi connectivity index (χ1n) is 7.59. The molecule has 0 bridgehead atoms. The van der Waals surface area contributed by atoms with Gasteiger partial charge in [-0.2, -0.15) is 4.31 Å². The van der Waals surface area contributed by atoms with Crippen LogP contribution in [0.3, 0.4) is 0 Å². The summed E-state index contributed by atoms with van der Waals surface area (Å²) in [5, 5.41) is 1.92. The van der Waals surface area contributed by atoms with Crippen LogP contribution in [0.1, 0.15) is 5.56 Å². The Morgan fingerprint density at radius 1 is 0.917 bits per heavy atom. The highest BCUT2D eigenvalue weighted by Gasteiger charge is 2.22. The van der Waals surface area contributed by atoms with E-state index in [-0.39, 0.29) is 6.54 Å². The van der Waals surface area contributed by atoms with Gasteiger partial charge in [-0.1, -0.05) is 48.5 Å². The van der Waals surface area contributed by atoms with E-state index >= 15 is 0 Å². The number of rotatable bonds is 5. The highest BCUT2D eigenvalue weighted by atomic mass is 32.2. The normalized spacial score (nSPS) is 11.8. The zero-order valence-corrected chi connectivity index (χ0v) is 14.5. The summed E-state index contributed by atoms with van der Waals surface area (Å²) in [5.41, 5.74) is 0.826. The van der Waals surface area contributed by atoms with Gasteiger partial charge in [0.25, 0.3) is 0 Å². The fraction of sp³-hybridized carbons (Fsp3) is 0.158. The fourth-order valence-corrected chi connectivity index (χ4v) is 3.85. The maximum Gasteiger partial charge on any atom is 0.243 e. The number of para-hydroxylation sites is 1. The summed E-state index contributed by atoms with van der Waals surface area (Å²) in [6, 6.07) is 20.3. The minimum atomic E-state index is -3.58. The monoisotopic (exact) mass is 341 g/mol. The fourth-order valence-electron chi connectivity index (χ4n) is 2.67. The third kappa shape index (κ3) is 3.13. The molecule has 3 aromatic carbocycles. The lowest BCUT2D eigenvalue weighted by Crippen LogP contribution is -2.26. The van der Waals surface area contributed by atoms with Crippen LogP contribution >= 0.6 is 0 Å². The van der Waals surface area contributed by atoms with Gasteiger partial charge in [-0.05, 0) is 29.0 Å². The summed E-state index contributed by atoms with van der Waals surface area (Å²) in [6.45, 7) is 0.249. The predicted octanol–water partition coefficient (Wildman–Crippen LogP) is 3.67. The molecule has 0 N–H and O–H groups in total. The lowest BCUT2D eigenvalue weighted by Gasteiger charge is -2.19. The molecule has 3 aromatic rings. The number of methoxy groups -OCH3 is 1. The lowest BCUT2D eigenvalue weighted by atomic mass is 10.1. The van der Waals surface area contributed by atoms with Gasteiger partial charge in [0.05, 0.1) is 12.0 Å². The van der Waals surface area contributed by atoms with Gasteiger partial charge in [0.2, 0.25) is 10.0 Å². The van der Waals surface area contributed by atoms with E-state index in [4.69, 9.17) is 4.74 Å². The second-order valence-electron chi connectivity index (χ2n) is 5.58. The van der Waals surface area contributed by atoms with E-state index in [1.165, 1.54) is 4.31 Å². The molecule has 0 aliphatic heterocycles. The van der Waals surface area contributed by atoms with Crippen molar-refractivity contribution in [3.8, 4) is 5.75 Å². The summed E-state index contributed by atoms with van der Waals surface area (Å²) >= 11 is 0. The third-order valence-electron chi connectivity index (χ3n) is 4.01. The zero-order chi connectivity index (χ0) is 17.2. The molecule has 0 amide bonds. The summed E-state index contributed by atoms with van der Waals surface area (Å²) in [5.74, 6) is 0.679. The van der Waals surface area contributed by atoms with E-state index in [9.17, 15) is 8.42 Å². The van der Waals surface area contributed by atoms with Crippen molar-refractivity contribution < 1.29 is 13.2 Å². The molecule has 0 heterocycles. The molecule has 0 atom stereocenters. The zero-order valence-electron chi connectivity index (χ0n) is 13.6. The molecule has 3 rings (SSSR count). The van der Waals surface area contributed by atoms with Crippen LogP contribution in [-0.2, 0) is 16.6 Å². The molecule has 0 radical (unpaired) electrons. The Labute approximate surface area is 142 Å². The molecule has 5 heteroatoms. The summed E-state index contributed by atoms with van der Waals surface area (Å²) < 4.78 is 32.4. The molecule has 0 spiro atoms. The highest BCUT2D eigenvalue weighted by molar-refractivity contribution is 7.89. The van der Waals surface area contributed by atoms with Gasteiger partial charge >= 0.3 is 0 Å². The van der Waals surface area contributed by atoms with E-state index < -0.39 is 10.0 Å². The number of ether oxygens (including phenoxy) is 1. The van der Waals surface area contributed by atoms with Crippen molar-refractivity contribution in [1.29, 1.82) is 0 Å². The second-order valence-corrected chi connectivity index (χ2v) is 7.63. The lowest BCUT2D eigenvalue weighted by molar-refractivity contribution is 0.398. The van der Waals surface area contributed by atoms with Crippen molar-refractivity contribution in [2.24, 2.45) is 0 Å². The average Bonchev–Trinajstić information content (AvgIpc) is 2.61. The average molecular weight is 341 g/mol.